The van der Waals surface area contributed by atoms with Crippen molar-refractivity contribution in [2.24, 2.45) is 0 Å². The van der Waals surface area contributed by atoms with Crippen LogP contribution in [0, 0.1) is 0 Å². The Morgan fingerprint density at radius 3 is 1.64 bits per heavy atom. The molecule has 1 heterocycles. The number of hydrogen-bond acceptors (Lipinski definition) is 1. The molecule has 3 nitrogen and oxygen atoms in total. The van der Waals surface area contributed by atoms with Crippen molar-refractivity contribution in [3.05, 3.63) is 0 Å². The van der Waals surface area contributed by atoms with Crippen LogP contribution in [0.3, 0.4) is 0 Å². The van der Waals surface area contributed by atoms with Crippen molar-refractivity contribution in [1.29, 1.82) is 0 Å². The normalized spacial score (nSPS) is 21.7. The molecule has 0 atom stereocenters. The first-order valence-electron chi connectivity index (χ1n) is 5.62. The van der Waals surface area contributed by atoms with Gasteiger partial charge in [0, 0.05) is 0 Å². The molecule has 0 unspecified atom stereocenters. The Kier molecular flexibility index (Phi) is 3.18. The predicted molar refractivity (Wildman–Crippen MR) is 61.7 cm³/mol. The fourth-order valence-electron chi connectivity index (χ4n) is 3.57. The van der Waals surface area contributed by atoms with E-state index in [1.807, 2.05) is 0 Å². The Bertz CT molecular complexity index is 236. The molecule has 0 aromatic carbocycles. The molecule has 1 saturated heterocycles. The summed E-state index contributed by atoms with van der Waals surface area (Å²) in [6, 6.07) is 0.0508. The molecule has 0 bridgehead atoms. The van der Waals surface area contributed by atoms with E-state index >= 15 is 0 Å². The van der Waals surface area contributed by atoms with Crippen LogP contribution in [-0.4, -0.2) is 39.0 Å². The minimum absolute atomic E-state index is 0.0508. The molecule has 1 aliphatic heterocycles. The van der Waals surface area contributed by atoms with Crippen molar-refractivity contribution in [2.45, 2.75) is 44.6 Å². The van der Waals surface area contributed by atoms with Crippen LogP contribution in [0.25, 0.3) is 0 Å². The SMILES string of the molecule is C[C](C)(C)[Ca]1([C](C)(C)C)[CH2]NC(=O)[NH]1. The summed E-state index contributed by atoms with van der Waals surface area (Å²) in [4.78, 5) is 11.4. The van der Waals surface area contributed by atoms with Gasteiger partial charge in [0.2, 0.25) is 0 Å². The molecule has 1 aliphatic rings. The quantitative estimate of drug-likeness (QED) is 0.612. The number of urea groups is 1. The Morgan fingerprint density at radius 2 is 1.50 bits per heavy atom. The summed E-state index contributed by atoms with van der Waals surface area (Å²) in [6.45, 7) is 13.6. The third-order valence-corrected chi connectivity index (χ3v) is 19.1. The molecule has 1 rings (SSSR count). The molecule has 2 N–H and O–H groups in total. The van der Waals surface area contributed by atoms with Gasteiger partial charge in [-0.15, -0.1) is 0 Å². The number of amides is 2. The van der Waals surface area contributed by atoms with E-state index in [0.29, 0.717) is 0 Å². The number of carbonyl (C=O) groups is 1. The molecule has 2 radical (unpaired) electrons. The van der Waals surface area contributed by atoms with Gasteiger partial charge in [0.15, 0.2) is 0 Å². The van der Waals surface area contributed by atoms with Gasteiger partial charge in [0.05, 0.1) is 0 Å². The van der Waals surface area contributed by atoms with E-state index in [9.17, 15) is 4.79 Å². The number of hydrogen-bond donors (Lipinski definition) is 2. The maximum atomic E-state index is 11.4. The van der Waals surface area contributed by atoms with Crippen molar-refractivity contribution >= 4 is 36.3 Å². The maximum absolute atomic E-state index is 11.4. The Morgan fingerprint density at radius 1 is 1.07 bits per heavy atom. The first-order valence-corrected chi connectivity index (χ1v) is 10.5. The van der Waals surface area contributed by atoms with Crippen molar-refractivity contribution in [1.82, 2.24) is 7.12 Å². The fraction of sp³-hybridized carbons (Fsp3) is 0.900. The Hall–Kier alpha value is 0.530. The molecule has 80 valence electrons. The van der Waals surface area contributed by atoms with Crippen LogP contribution in [0.4, 0.5) is 4.79 Å². The second-order valence-electron chi connectivity index (χ2n) is 7.33. The second kappa shape index (κ2) is 3.53. The zero-order chi connectivity index (χ0) is 11.2. The average Bonchev–Trinajstić information content (AvgIpc) is 2.28. The minimum atomic E-state index is -2.75. The van der Waals surface area contributed by atoms with Crippen LogP contribution in [0.2, 0.25) is 3.02 Å². The zero-order valence-electron chi connectivity index (χ0n) is 10.3. The van der Waals surface area contributed by atoms with Gasteiger partial charge < -0.3 is 0 Å². The molecule has 0 aromatic heterocycles. The molecular weight excluding hydrogens is 204 g/mol. The van der Waals surface area contributed by atoms with Crippen LogP contribution in [0.1, 0.15) is 41.5 Å². The van der Waals surface area contributed by atoms with Crippen LogP contribution in [-0.2, 0) is 0 Å². The summed E-state index contributed by atoms with van der Waals surface area (Å²) in [5.74, 6) is 0. The van der Waals surface area contributed by atoms with E-state index in [1.165, 1.54) is 0 Å². The molecule has 0 saturated carbocycles. The van der Waals surface area contributed by atoms with Crippen LogP contribution in [0.15, 0.2) is 0 Å². The van der Waals surface area contributed by atoms with Gasteiger partial charge >= 0.3 is 95.5 Å². The second-order valence-corrected chi connectivity index (χ2v) is 19.3. The number of carbonyl (C=O) groups excluding carboxylic acids is 1. The van der Waals surface area contributed by atoms with Gasteiger partial charge in [-0.1, -0.05) is 0 Å². The average molecular weight is 226 g/mol. The molecule has 2 amide bonds. The summed E-state index contributed by atoms with van der Waals surface area (Å²) in [5.41, 5.74) is 0. The van der Waals surface area contributed by atoms with E-state index in [4.69, 9.17) is 0 Å². The van der Waals surface area contributed by atoms with Crippen molar-refractivity contribution in [3.8, 4) is 0 Å². The van der Waals surface area contributed by atoms with E-state index in [-0.39, 0.29) is 9.05 Å². The first-order chi connectivity index (χ1) is 6.10. The summed E-state index contributed by atoms with van der Waals surface area (Å²) in [7, 11) is 0. The molecule has 0 aliphatic carbocycles. The van der Waals surface area contributed by atoms with E-state index < -0.39 is 30.3 Å². The predicted octanol–water partition coefficient (Wildman–Crippen LogP) is 2.38. The van der Waals surface area contributed by atoms with Crippen LogP contribution < -0.4 is 7.12 Å². The third kappa shape index (κ3) is 1.91. The number of nitrogens with one attached hydrogen (secondary N) is 2. The van der Waals surface area contributed by atoms with E-state index in [0.717, 1.165) is 2.64 Å². The molecule has 0 spiro atoms. The first kappa shape index (κ1) is 12.6. The van der Waals surface area contributed by atoms with E-state index in [1.54, 1.807) is 0 Å². The summed E-state index contributed by atoms with van der Waals surface area (Å²) in [5, 5.41) is 2.97. The molecule has 4 heteroatoms. The van der Waals surface area contributed by atoms with Gasteiger partial charge in [-0.05, 0) is 0 Å². The number of rotatable bonds is 0. The van der Waals surface area contributed by atoms with Gasteiger partial charge in [-0.3, -0.25) is 0 Å². The van der Waals surface area contributed by atoms with E-state index in [2.05, 4.69) is 48.7 Å². The van der Waals surface area contributed by atoms with Gasteiger partial charge in [0.1, 0.15) is 0 Å². The van der Waals surface area contributed by atoms with Crippen LogP contribution in [0.5, 0.6) is 0 Å². The topological polar surface area (TPSA) is 41.1 Å². The van der Waals surface area contributed by atoms with Gasteiger partial charge in [-0.25, -0.2) is 0 Å². The molecule has 14 heavy (non-hydrogen) atoms. The molecule has 0 aromatic rings. The van der Waals surface area contributed by atoms with Gasteiger partial charge in [-0.2, -0.15) is 0 Å². The Labute approximate surface area is 94.6 Å². The van der Waals surface area contributed by atoms with Crippen molar-refractivity contribution in [3.63, 3.8) is 0 Å². The molecular formula is C10H22CaN2O. The molecule has 1 fully saturated rings. The Balaban J connectivity index is 3.12. The summed E-state index contributed by atoms with van der Waals surface area (Å²) < 4.78 is 4.77. The van der Waals surface area contributed by atoms with Crippen LogP contribution >= 0.6 is 0 Å². The standard InChI is InChI=1S/2C4H9.C2H5N2O.Ca/c2*1-4(2)3;1-4-2(3)5;/h2*1-3H3;1H2,(H3,3,4,5);/q;;;+1/p-1. The third-order valence-electron chi connectivity index (χ3n) is 4.74. The monoisotopic (exact) mass is 226 g/mol. The zero-order valence-corrected chi connectivity index (χ0v) is 12.5. The van der Waals surface area contributed by atoms with Gasteiger partial charge in [0.25, 0.3) is 0 Å². The summed E-state index contributed by atoms with van der Waals surface area (Å²) >= 11 is -2.75. The fourth-order valence-corrected chi connectivity index (χ4v) is 14.7. The van der Waals surface area contributed by atoms with Crippen molar-refractivity contribution in [2.75, 3.05) is 2.64 Å². The van der Waals surface area contributed by atoms with Crippen molar-refractivity contribution < 1.29 is 4.79 Å². The summed E-state index contributed by atoms with van der Waals surface area (Å²) in [6.07, 6.45) is 0.